The molecule has 4 nitrogen and oxygen atoms in total. The molecule has 124 valence electrons. The van der Waals surface area contributed by atoms with Crippen molar-refractivity contribution in [3.8, 4) is 0 Å². The Bertz CT molecular complexity index is 675. The van der Waals surface area contributed by atoms with Crippen LogP contribution in [0.2, 0.25) is 0 Å². The van der Waals surface area contributed by atoms with Crippen molar-refractivity contribution in [1.82, 2.24) is 4.90 Å². The minimum Gasteiger partial charge on any atom is -0.295 e. The fourth-order valence-electron chi connectivity index (χ4n) is 2.55. The summed E-state index contributed by atoms with van der Waals surface area (Å²) in [6, 6.07) is 10.1. The van der Waals surface area contributed by atoms with Crippen LogP contribution in [0.5, 0.6) is 0 Å². The molecule has 0 unspecified atom stereocenters. The first-order valence-corrected chi connectivity index (χ1v) is 9.36. The molecule has 0 aliphatic heterocycles. The van der Waals surface area contributed by atoms with E-state index in [1.165, 1.54) is 11.1 Å². The van der Waals surface area contributed by atoms with Crippen molar-refractivity contribution in [2.45, 2.75) is 19.4 Å². The second-order valence-corrected chi connectivity index (χ2v) is 7.25. The molecule has 0 saturated carbocycles. The maximum Gasteiger partial charge on any atom is 0.264 e. The van der Waals surface area contributed by atoms with Gasteiger partial charge < -0.3 is 0 Å². The van der Waals surface area contributed by atoms with Crippen molar-refractivity contribution in [3.05, 3.63) is 71.8 Å². The van der Waals surface area contributed by atoms with E-state index in [1.54, 1.807) is 0 Å². The molecule has 0 fully saturated rings. The van der Waals surface area contributed by atoms with Gasteiger partial charge in [-0.15, -0.1) is 0 Å². The average Bonchev–Trinajstić information content (AvgIpc) is 2.75. The standard InChI is InChI=1S/C18H23NO3S/c20-23(21,22)14-8-13-19(16-18-11-6-3-7-12-18)15-17-9-4-1-2-5-10-17/h1-7,9,11-12H,8,10,13-16H2,(H,20,21,22). The summed E-state index contributed by atoms with van der Waals surface area (Å²) in [6.07, 6.45) is 11.6. The summed E-state index contributed by atoms with van der Waals surface area (Å²) in [5.74, 6) is -0.197. The Labute approximate surface area is 138 Å². The van der Waals surface area contributed by atoms with Crippen molar-refractivity contribution in [1.29, 1.82) is 0 Å². The summed E-state index contributed by atoms with van der Waals surface area (Å²) in [5, 5.41) is 0. The quantitative estimate of drug-likeness (QED) is 0.742. The Morgan fingerprint density at radius 1 is 1.04 bits per heavy atom. The monoisotopic (exact) mass is 333 g/mol. The fraction of sp³-hybridized carbons (Fsp3) is 0.333. The van der Waals surface area contributed by atoms with Gasteiger partial charge in [-0.05, 0) is 24.9 Å². The highest BCUT2D eigenvalue weighted by molar-refractivity contribution is 7.85. The lowest BCUT2D eigenvalue weighted by atomic mass is 10.1. The summed E-state index contributed by atoms with van der Waals surface area (Å²) in [6.45, 7) is 2.17. The van der Waals surface area contributed by atoms with Gasteiger partial charge >= 0.3 is 0 Å². The average molecular weight is 333 g/mol. The van der Waals surface area contributed by atoms with E-state index in [9.17, 15) is 8.42 Å². The van der Waals surface area contributed by atoms with Gasteiger partial charge in [0.25, 0.3) is 10.1 Å². The zero-order valence-corrected chi connectivity index (χ0v) is 14.0. The lowest BCUT2D eigenvalue weighted by molar-refractivity contribution is 0.287. The van der Waals surface area contributed by atoms with Crippen LogP contribution in [0, 0.1) is 0 Å². The van der Waals surface area contributed by atoms with Gasteiger partial charge in [0.2, 0.25) is 0 Å². The molecule has 1 aromatic carbocycles. The van der Waals surface area contributed by atoms with Crippen LogP contribution in [0.1, 0.15) is 18.4 Å². The first-order chi connectivity index (χ1) is 11.0. The molecule has 1 aliphatic rings. The van der Waals surface area contributed by atoms with Crippen LogP contribution < -0.4 is 0 Å². The largest absolute Gasteiger partial charge is 0.295 e. The van der Waals surface area contributed by atoms with Gasteiger partial charge in [0, 0.05) is 13.1 Å². The molecular formula is C18H23NO3S. The minimum atomic E-state index is -3.90. The molecule has 5 heteroatoms. The van der Waals surface area contributed by atoms with Crippen molar-refractivity contribution in [2.24, 2.45) is 0 Å². The number of allylic oxidation sites excluding steroid dienone is 5. The number of rotatable bonds is 8. The second-order valence-electron chi connectivity index (χ2n) is 5.68. The van der Waals surface area contributed by atoms with Gasteiger partial charge in [0.1, 0.15) is 0 Å². The zero-order valence-electron chi connectivity index (χ0n) is 13.1. The number of hydrogen-bond donors (Lipinski definition) is 1. The predicted molar refractivity (Wildman–Crippen MR) is 93.7 cm³/mol. The van der Waals surface area contributed by atoms with Crippen molar-refractivity contribution in [3.63, 3.8) is 0 Å². The minimum absolute atomic E-state index is 0.197. The van der Waals surface area contributed by atoms with Gasteiger partial charge in [-0.3, -0.25) is 9.45 Å². The van der Waals surface area contributed by atoms with E-state index in [0.717, 1.165) is 19.5 Å². The van der Waals surface area contributed by atoms with Crippen LogP contribution in [-0.4, -0.2) is 36.7 Å². The predicted octanol–water partition coefficient (Wildman–Crippen LogP) is 3.21. The third kappa shape index (κ3) is 7.41. The fourth-order valence-corrected chi connectivity index (χ4v) is 3.05. The van der Waals surface area contributed by atoms with E-state index < -0.39 is 10.1 Å². The van der Waals surface area contributed by atoms with Gasteiger partial charge in [-0.1, -0.05) is 66.3 Å². The van der Waals surface area contributed by atoms with E-state index in [1.807, 2.05) is 36.4 Å². The Balaban J connectivity index is 1.99. The Morgan fingerprint density at radius 3 is 2.57 bits per heavy atom. The molecule has 0 spiro atoms. The molecule has 0 atom stereocenters. The molecular weight excluding hydrogens is 310 g/mol. The van der Waals surface area contributed by atoms with Crippen LogP contribution in [0.4, 0.5) is 0 Å². The topological polar surface area (TPSA) is 57.6 Å². The molecule has 23 heavy (non-hydrogen) atoms. The highest BCUT2D eigenvalue weighted by Gasteiger charge is 2.11. The van der Waals surface area contributed by atoms with Gasteiger partial charge in [0.15, 0.2) is 0 Å². The summed E-state index contributed by atoms with van der Waals surface area (Å²) in [5.41, 5.74) is 2.48. The summed E-state index contributed by atoms with van der Waals surface area (Å²) >= 11 is 0. The smallest absolute Gasteiger partial charge is 0.264 e. The molecule has 0 saturated heterocycles. The summed E-state index contributed by atoms with van der Waals surface area (Å²) < 4.78 is 30.7. The second kappa shape index (κ2) is 8.82. The molecule has 1 N–H and O–H groups in total. The van der Waals surface area contributed by atoms with Crippen LogP contribution >= 0.6 is 0 Å². The molecule has 2 rings (SSSR count). The maximum atomic E-state index is 10.9. The first-order valence-electron chi connectivity index (χ1n) is 7.75. The summed E-state index contributed by atoms with van der Waals surface area (Å²) in [7, 11) is -3.90. The molecule has 0 bridgehead atoms. The number of hydrogen-bond acceptors (Lipinski definition) is 3. The van der Waals surface area contributed by atoms with Crippen LogP contribution in [-0.2, 0) is 16.7 Å². The summed E-state index contributed by atoms with van der Waals surface area (Å²) in [4.78, 5) is 2.22. The van der Waals surface area contributed by atoms with Crippen LogP contribution in [0.25, 0.3) is 0 Å². The highest BCUT2D eigenvalue weighted by Crippen LogP contribution is 2.13. The third-order valence-electron chi connectivity index (χ3n) is 3.62. The molecule has 0 amide bonds. The number of benzene rings is 1. The third-order valence-corrected chi connectivity index (χ3v) is 4.43. The van der Waals surface area contributed by atoms with Gasteiger partial charge in [-0.25, -0.2) is 0 Å². The maximum absolute atomic E-state index is 10.9. The van der Waals surface area contributed by atoms with E-state index in [4.69, 9.17) is 4.55 Å². The van der Waals surface area contributed by atoms with E-state index >= 15 is 0 Å². The van der Waals surface area contributed by atoms with E-state index in [2.05, 4.69) is 29.2 Å². The molecule has 1 aliphatic carbocycles. The molecule has 0 aromatic heterocycles. The molecule has 0 heterocycles. The van der Waals surface area contributed by atoms with Crippen LogP contribution in [0.15, 0.2) is 66.3 Å². The first kappa shape index (κ1) is 17.7. The van der Waals surface area contributed by atoms with Crippen LogP contribution in [0.3, 0.4) is 0 Å². The Hall–Kier alpha value is -1.69. The van der Waals surface area contributed by atoms with Crippen molar-refractivity contribution < 1.29 is 13.0 Å². The lowest BCUT2D eigenvalue weighted by Crippen LogP contribution is -2.28. The normalized spacial score (nSPS) is 14.8. The molecule has 1 aromatic rings. The van der Waals surface area contributed by atoms with Gasteiger partial charge in [0.05, 0.1) is 5.75 Å². The Morgan fingerprint density at radius 2 is 1.83 bits per heavy atom. The van der Waals surface area contributed by atoms with E-state index in [-0.39, 0.29) is 5.75 Å². The highest BCUT2D eigenvalue weighted by atomic mass is 32.2. The van der Waals surface area contributed by atoms with Crippen molar-refractivity contribution >= 4 is 10.1 Å². The van der Waals surface area contributed by atoms with Gasteiger partial charge in [-0.2, -0.15) is 8.42 Å². The Kier molecular flexibility index (Phi) is 6.77. The lowest BCUT2D eigenvalue weighted by Gasteiger charge is -2.23. The number of nitrogens with zero attached hydrogens (tertiary/aromatic N) is 1. The van der Waals surface area contributed by atoms with E-state index in [0.29, 0.717) is 13.0 Å². The van der Waals surface area contributed by atoms with Crippen molar-refractivity contribution in [2.75, 3.05) is 18.8 Å². The zero-order chi connectivity index (χ0) is 16.5. The SMILES string of the molecule is O=S(=O)(O)CCCN(CC1=CC=CC=CC1)Cc1ccccc1. The molecule has 0 radical (unpaired) electrons.